The second-order valence-electron chi connectivity index (χ2n) is 4.88. The van der Waals surface area contributed by atoms with Gasteiger partial charge in [-0.05, 0) is 32.4 Å². The molecule has 0 bridgehead atoms. The van der Waals surface area contributed by atoms with Crippen molar-refractivity contribution < 1.29 is 4.74 Å². The van der Waals surface area contributed by atoms with Gasteiger partial charge >= 0.3 is 0 Å². The summed E-state index contributed by atoms with van der Waals surface area (Å²) in [4.78, 5) is 0. The maximum Gasteiger partial charge on any atom is 0.0641 e. The predicted octanol–water partition coefficient (Wildman–Crippen LogP) is 2.80. The molecule has 4 heteroatoms. The number of hydrogen-bond donors (Lipinski definition) is 1. The fourth-order valence-electron chi connectivity index (χ4n) is 2.34. The van der Waals surface area contributed by atoms with E-state index in [1.165, 1.54) is 0 Å². The van der Waals surface area contributed by atoms with Crippen LogP contribution in [0.2, 0.25) is 0 Å². The van der Waals surface area contributed by atoms with Crippen molar-refractivity contribution in [1.82, 2.24) is 15.1 Å². The molecule has 1 rings (SSSR count). The van der Waals surface area contributed by atoms with Crippen LogP contribution < -0.4 is 5.32 Å². The molecule has 1 heterocycles. The molecule has 1 N–H and O–H groups in total. The molecule has 0 amide bonds. The molecule has 19 heavy (non-hydrogen) atoms. The standard InChI is InChI=1S/C15H29N3O/c1-5-15(6-2)18-10-9-13(17-18)11-14(16-7-3)12-19-8-4/h9-10,14-16H,5-8,11-12H2,1-4H3. The van der Waals surface area contributed by atoms with Crippen molar-refractivity contribution in [3.05, 3.63) is 18.0 Å². The Balaban J connectivity index is 2.58. The number of nitrogens with one attached hydrogen (secondary N) is 1. The van der Waals surface area contributed by atoms with Gasteiger partial charge in [-0.15, -0.1) is 0 Å². The lowest BCUT2D eigenvalue weighted by Gasteiger charge is -2.17. The number of nitrogens with zero attached hydrogens (tertiary/aromatic N) is 2. The normalized spacial score (nSPS) is 13.1. The minimum atomic E-state index is 0.356. The minimum absolute atomic E-state index is 0.356. The van der Waals surface area contributed by atoms with Crippen LogP contribution in [0.4, 0.5) is 0 Å². The van der Waals surface area contributed by atoms with Crippen molar-refractivity contribution in [2.45, 2.75) is 59.0 Å². The van der Waals surface area contributed by atoms with Gasteiger partial charge in [0.1, 0.15) is 0 Å². The van der Waals surface area contributed by atoms with E-state index in [9.17, 15) is 0 Å². The average Bonchev–Trinajstić information content (AvgIpc) is 2.86. The fraction of sp³-hybridized carbons (Fsp3) is 0.800. The van der Waals surface area contributed by atoms with Gasteiger partial charge in [-0.1, -0.05) is 20.8 Å². The van der Waals surface area contributed by atoms with Crippen LogP contribution >= 0.6 is 0 Å². The topological polar surface area (TPSA) is 39.1 Å². The molecule has 1 atom stereocenters. The first-order chi connectivity index (χ1) is 9.24. The SMILES string of the molecule is CCNC(COCC)Cc1ccn(C(CC)CC)n1. The Labute approximate surface area is 117 Å². The van der Waals surface area contributed by atoms with Crippen LogP contribution in [0.5, 0.6) is 0 Å². The number of likely N-dealkylation sites (N-methyl/N-ethyl adjacent to an activating group) is 1. The van der Waals surface area contributed by atoms with Gasteiger partial charge in [0, 0.05) is 25.3 Å². The summed E-state index contributed by atoms with van der Waals surface area (Å²) < 4.78 is 7.63. The van der Waals surface area contributed by atoms with Gasteiger partial charge in [0.2, 0.25) is 0 Å². The van der Waals surface area contributed by atoms with Crippen LogP contribution in [0, 0.1) is 0 Å². The van der Waals surface area contributed by atoms with E-state index in [0.29, 0.717) is 12.1 Å². The van der Waals surface area contributed by atoms with Crippen molar-refractivity contribution in [3.63, 3.8) is 0 Å². The Morgan fingerprint density at radius 1 is 1.26 bits per heavy atom. The third-order valence-corrected chi connectivity index (χ3v) is 3.45. The minimum Gasteiger partial charge on any atom is -0.380 e. The zero-order valence-corrected chi connectivity index (χ0v) is 12.9. The molecule has 0 aromatic carbocycles. The van der Waals surface area contributed by atoms with Gasteiger partial charge in [-0.2, -0.15) is 5.10 Å². The summed E-state index contributed by atoms with van der Waals surface area (Å²) in [6.07, 6.45) is 5.30. The quantitative estimate of drug-likeness (QED) is 0.708. The smallest absolute Gasteiger partial charge is 0.0641 e. The second kappa shape index (κ2) is 9.10. The van der Waals surface area contributed by atoms with Crippen LogP contribution in [-0.4, -0.2) is 35.6 Å². The van der Waals surface area contributed by atoms with Crippen LogP contribution in [0.25, 0.3) is 0 Å². The highest BCUT2D eigenvalue weighted by molar-refractivity contribution is 5.02. The maximum atomic E-state index is 5.52. The zero-order valence-electron chi connectivity index (χ0n) is 12.9. The molecule has 4 nitrogen and oxygen atoms in total. The van der Waals surface area contributed by atoms with Gasteiger partial charge in [-0.25, -0.2) is 0 Å². The van der Waals surface area contributed by atoms with Crippen LogP contribution in [0.15, 0.2) is 12.3 Å². The maximum absolute atomic E-state index is 5.52. The Morgan fingerprint density at radius 3 is 2.58 bits per heavy atom. The number of hydrogen-bond acceptors (Lipinski definition) is 3. The van der Waals surface area contributed by atoms with Crippen molar-refractivity contribution >= 4 is 0 Å². The molecule has 0 spiro atoms. The van der Waals surface area contributed by atoms with E-state index in [0.717, 1.165) is 44.7 Å². The van der Waals surface area contributed by atoms with Gasteiger partial charge in [0.25, 0.3) is 0 Å². The third-order valence-electron chi connectivity index (χ3n) is 3.45. The highest BCUT2D eigenvalue weighted by Crippen LogP contribution is 2.15. The first kappa shape index (κ1) is 16.2. The Bertz CT molecular complexity index is 334. The first-order valence-electron chi connectivity index (χ1n) is 7.60. The summed E-state index contributed by atoms with van der Waals surface area (Å²) in [7, 11) is 0. The average molecular weight is 267 g/mol. The molecule has 1 aromatic heterocycles. The molecule has 0 saturated heterocycles. The lowest BCUT2D eigenvalue weighted by molar-refractivity contribution is 0.123. The molecule has 0 aliphatic carbocycles. The Kier molecular flexibility index (Phi) is 7.75. The van der Waals surface area contributed by atoms with E-state index in [-0.39, 0.29) is 0 Å². The lowest BCUT2D eigenvalue weighted by atomic mass is 10.1. The summed E-state index contributed by atoms with van der Waals surface area (Å²) in [6, 6.07) is 3.02. The van der Waals surface area contributed by atoms with Gasteiger partial charge < -0.3 is 10.1 Å². The fourth-order valence-corrected chi connectivity index (χ4v) is 2.34. The summed E-state index contributed by atoms with van der Waals surface area (Å²) in [5.74, 6) is 0. The second-order valence-corrected chi connectivity index (χ2v) is 4.88. The van der Waals surface area contributed by atoms with Crippen molar-refractivity contribution in [2.24, 2.45) is 0 Å². The molecular formula is C15H29N3O. The highest BCUT2D eigenvalue weighted by Gasteiger charge is 2.12. The Hall–Kier alpha value is -0.870. The van der Waals surface area contributed by atoms with Crippen LogP contribution in [-0.2, 0) is 11.2 Å². The molecule has 1 unspecified atom stereocenters. The van der Waals surface area contributed by atoms with Crippen molar-refractivity contribution in [3.8, 4) is 0 Å². The van der Waals surface area contributed by atoms with Crippen molar-refractivity contribution in [1.29, 1.82) is 0 Å². The molecular weight excluding hydrogens is 238 g/mol. The van der Waals surface area contributed by atoms with E-state index in [1.54, 1.807) is 0 Å². The van der Waals surface area contributed by atoms with Gasteiger partial charge in [0.05, 0.1) is 18.3 Å². The summed E-state index contributed by atoms with van der Waals surface area (Å²) in [5, 5.41) is 8.16. The van der Waals surface area contributed by atoms with E-state index >= 15 is 0 Å². The largest absolute Gasteiger partial charge is 0.380 e. The van der Waals surface area contributed by atoms with Crippen molar-refractivity contribution in [2.75, 3.05) is 19.8 Å². The highest BCUT2D eigenvalue weighted by atomic mass is 16.5. The van der Waals surface area contributed by atoms with Gasteiger partial charge in [0.15, 0.2) is 0 Å². The molecule has 1 aromatic rings. The van der Waals surface area contributed by atoms with Crippen LogP contribution in [0.3, 0.4) is 0 Å². The lowest BCUT2D eigenvalue weighted by Crippen LogP contribution is -2.35. The van der Waals surface area contributed by atoms with E-state index < -0.39 is 0 Å². The molecule has 0 saturated carbocycles. The number of aromatic nitrogens is 2. The zero-order chi connectivity index (χ0) is 14.1. The van der Waals surface area contributed by atoms with Crippen LogP contribution in [0.1, 0.15) is 52.3 Å². The molecule has 0 aliphatic heterocycles. The first-order valence-corrected chi connectivity index (χ1v) is 7.60. The summed E-state index contributed by atoms with van der Waals surface area (Å²) >= 11 is 0. The van der Waals surface area contributed by atoms with E-state index in [4.69, 9.17) is 9.84 Å². The molecule has 0 radical (unpaired) electrons. The molecule has 110 valence electrons. The summed E-state index contributed by atoms with van der Waals surface area (Å²) in [6.45, 7) is 11.1. The predicted molar refractivity (Wildman–Crippen MR) is 79.5 cm³/mol. The monoisotopic (exact) mass is 267 g/mol. The van der Waals surface area contributed by atoms with E-state index in [1.807, 2.05) is 6.92 Å². The Morgan fingerprint density at radius 2 is 2.00 bits per heavy atom. The molecule has 0 fully saturated rings. The van der Waals surface area contributed by atoms with E-state index in [2.05, 4.69) is 43.0 Å². The summed E-state index contributed by atoms with van der Waals surface area (Å²) in [5.41, 5.74) is 1.15. The number of rotatable bonds is 10. The number of ether oxygens (including phenoxy) is 1. The third kappa shape index (κ3) is 5.33. The molecule has 0 aliphatic rings. The van der Waals surface area contributed by atoms with Gasteiger partial charge in [-0.3, -0.25) is 4.68 Å².